The van der Waals surface area contributed by atoms with Crippen molar-refractivity contribution in [3.8, 4) is 11.5 Å². The number of ether oxygens (including phenoxy) is 1. The maximum atomic E-state index is 12.3. The Morgan fingerprint density at radius 2 is 2.05 bits per heavy atom. The average Bonchev–Trinajstić information content (AvgIpc) is 2.82. The van der Waals surface area contributed by atoms with E-state index in [4.69, 9.17) is 4.74 Å². The zero-order chi connectivity index (χ0) is 15.9. The second kappa shape index (κ2) is 5.50. The van der Waals surface area contributed by atoms with Gasteiger partial charge < -0.3 is 15.2 Å². The molecular weight excluding hydrogens is 346 g/mol. The van der Waals surface area contributed by atoms with Crippen molar-refractivity contribution in [3.05, 3.63) is 51.5 Å². The van der Waals surface area contributed by atoms with Crippen LogP contribution < -0.4 is 10.1 Å². The predicted molar refractivity (Wildman–Crippen MR) is 90.0 cm³/mol. The molecule has 1 aliphatic heterocycles. The number of fused-ring (bicyclic) bond motifs is 1. The third kappa shape index (κ3) is 2.37. The summed E-state index contributed by atoms with van der Waals surface area (Å²) in [6.07, 6.45) is 1.68. The molecular formula is C17H14BrNO3. The molecule has 0 aliphatic carbocycles. The standard InChI is InChI=1S/C17H14BrNO3/c1-9-13(18)4-5-14-16(9)12(17(21)19-14)8-10-7-11(22-2)3-6-15(10)20/h3-8,20H,1-2H3,(H,19,21). The van der Waals surface area contributed by atoms with Gasteiger partial charge in [0.15, 0.2) is 0 Å². The number of anilines is 1. The van der Waals surface area contributed by atoms with Crippen LogP contribution in [0.5, 0.6) is 11.5 Å². The number of halogens is 1. The van der Waals surface area contributed by atoms with Gasteiger partial charge in [-0.2, -0.15) is 0 Å². The number of aromatic hydroxyl groups is 1. The van der Waals surface area contributed by atoms with Crippen LogP contribution in [0.4, 0.5) is 5.69 Å². The van der Waals surface area contributed by atoms with E-state index in [1.165, 1.54) is 0 Å². The van der Waals surface area contributed by atoms with Gasteiger partial charge in [-0.3, -0.25) is 4.79 Å². The molecule has 4 nitrogen and oxygen atoms in total. The van der Waals surface area contributed by atoms with Crippen LogP contribution in [0.25, 0.3) is 11.6 Å². The molecule has 0 spiro atoms. The molecule has 0 radical (unpaired) electrons. The Balaban J connectivity index is 2.18. The minimum Gasteiger partial charge on any atom is -0.507 e. The van der Waals surface area contributed by atoms with Crippen molar-refractivity contribution in [2.45, 2.75) is 6.92 Å². The number of hydrogen-bond donors (Lipinski definition) is 2. The monoisotopic (exact) mass is 359 g/mol. The van der Waals surface area contributed by atoms with E-state index >= 15 is 0 Å². The molecule has 2 aromatic rings. The Morgan fingerprint density at radius 1 is 1.27 bits per heavy atom. The van der Waals surface area contributed by atoms with Crippen molar-refractivity contribution in [2.24, 2.45) is 0 Å². The zero-order valence-corrected chi connectivity index (χ0v) is 13.7. The van der Waals surface area contributed by atoms with Crippen molar-refractivity contribution >= 4 is 39.2 Å². The van der Waals surface area contributed by atoms with Gasteiger partial charge in [0.25, 0.3) is 5.91 Å². The van der Waals surface area contributed by atoms with E-state index in [1.54, 1.807) is 31.4 Å². The number of carbonyl (C=O) groups is 1. The Bertz CT molecular complexity index is 812. The van der Waals surface area contributed by atoms with E-state index in [2.05, 4.69) is 21.2 Å². The van der Waals surface area contributed by atoms with E-state index in [0.29, 0.717) is 16.9 Å². The van der Waals surface area contributed by atoms with Crippen molar-refractivity contribution in [1.82, 2.24) is 0 Å². The lowest BCUT2D eigenvalue weighted by Crippen LogP contribution is -2.03. The van der Waals surface area contributed by atoms with E-state index in [0.717, 1.165) is 21.3 Å². The maximum Gasteiger partial charge on any atom is 0.256 e. The van der Waals surface area contributed by atoms with Gasteiger partial charge in [0.2, 0.25) is 0 Å². The van der Waals surface area contributed by atoms with E-state index < -0.39 is 0 Å². The van der Waals surface area contributed by atoms with Gasteiger partial charge in [0, 0.05) is 21.3 Å². The molecule has 0 saturated heterocycles. The van der Waals surface area contributed by atoms with Gasteiger partial charge in [0.05, 0.1) is 12.7 Å². The van der Waals surface area contributed by atoms with Crippen molar-refractivity contribution in [2.75, 3.05) is 12.4 Å². The Hall–Kier alpha value is -2.27. The van der Waals surface area contributed by atoms with Gasteiger partial charge in [0.1, 0.15) is 11.5 Å². The molecule has 1 heterocycles. The van der Waals surface area contributed by atoms with Crippen LogP contribution in [0, 0.1) is 6.92 Å². The molecule has 0 fully saturated rings. The van der Waals surface area contributed by atoms with Gasteiger partial charge in [-0.05, 0) is 48.9 Å². The van der Waals surface area contributed by atoms with Gasteiger partial charge in [-0.1, -0.05) is 15.9 Å². The fraction of sp³-hybridized carbons (Fsp3) is 0.118. The van der Waals surface area contributed by atoms with Crippen molar-refractivity contribution < 1.29 is 14.6 Å². The smallest absolute Gasteiger partial charge is 0.256 e. The zero-order valence-electron chi connectivity index (χ0n) is 12.1. The summed E-state index contributed by atoms with van der Waals surface area (Å²) in [7, 11) is 1.56. The molecule has 1 amide bonds. The highest BCUT2D eigenvalue weighted by Crippen LogP contribution is 2.39. The van der Waals surface area contributed by atoms with Crippen LogP contribution in [-0.2, 0) is 4.79 Å². The molecule has 112 valence electrons. The van der Waals surface area contributed by atoms with Crippen LogP contribution in [-0.4, -0.2) is 18.1 Å². The summed E-state index contributed by atoms with van der Waals surface area (Å²) in [6.45, 7) is 1.95. The summed E-state index contributed by atoms with van der Waals surface area (Å²) in [5.41, 5.74) is 3.67. The number of carbonyl (C=O) groups excluding carboxylic acids is 1. The minimum absolute atomic E-state index is 0.0993. The van der Waals surface area contributed by atoms with Crippen LogP contribution in [0.3, 0.4) is 0 Å². The summed E-state index contributed by atoms with van der Waals surface area (Å²) in [5.74, 6) is 0.537. The molecule has 3 rings (SSSR count). The highest BCUT2D eigenvalue weighted by atomic mass is 79.9. The second-order valence-corrected chi connectivity index (χ2v) is 5.89. The highest BCUT2D eigenvalue weighted by Gasteiger charge is 2.27. The fourth-order valence-corrected chi connectivity index (χ4v) is 2.84. The number of phenolic OH excluding ortho intramolecular Hbond substituents is 1. The first kappa shape index (κ1) is 14.7. The molecule has 0 bridgehead atoms. The summed E-state index contributed by atoms with van der Waals surface area (Å²) in [4.78, 5) is 12.3. The Labute approximate surface area is 136 Å². The summed E-state index contributed by atoms with van der Waals surface area (Å²) >= 11 is 3.48. The molecule has 0 aromatic heterocycles. The molecule has 1 aliphatic rings. The summed E-state index contributed by atoms with van der Waals surface area (Å²) in [6, 6.07) is 8.67. The third-order valence-electron chi connectivity index (χ3n) is 3.70. The normalized spacial score (nSPS) is 14.9. The number of amides is 1. The minimum atomic E-state index is -0.182. The largest absolute Gasteiger partial charge is 0.507 e. The average molecular weight is 360 g/mol. The van der Waals surface area contributed by atoms with Crippen LogP contribution in [0.2, 0.25) is 0 Å². The molecule has 0 atom stereocenters. The highest BCUT2D eigenvalue weighted by molar-refractivity contribution is 9.10. The summed E-state index contributed by atoms with van der Waals surface area (Å²) < 4.78 is 6.10. The van der Waals surface area contributed by atoms with E-state index in [1.807, 2.05) is 19.1 Å². The number of methoxy groups -OCH3 is 1. The number of rotatable bonds is 2. The van der Waals surface area contributed by atoms with Gasteiger partial charge in [-0.25, -0.2) is 0 Å². The number of benzene rings is 2. The van der Waals surface area contributed by atoms with Crippen LogP contribution in [0.1, 0.15) is 16.7 Å². The lowest BCUT2D eigenvalue weighted by molar-refractivity contribution is -0.110. The topological polar surface area (TPSA) is 58.6 Å². The SMILES string of the molecule is COc1ccc(O)c(C=C2C(=O)Nc3ccc(Br)c(C)c32)c1. The van der Waals surface area contributed by atoms with E-state index in [-0.39, 0.29) is 11.7 Å². The van der Waals surface area contributed by atoms with Crippen molar-refractivity contribution in [3.63, 3.8) is 0 Å². The maximum absolute atomic E-state index is 12.3. The lowest BCUT2D eigenvalue weighted by Gasteiger charge is -2.07. The molecule has 2 N–H and O–H groups in total. The van der Waals surface area contributed by atoms with Crippen molar-refractivity contribution in [1.29, 1.82) is 0 Å². The quantitative estimate of drug-likeness (QED) is 0.797. The Morgan fingerprint density at radius 3 is 2.77 bits per heavy atom. The summed E-state index contributed by atoms with van der Waals surface area (Å²) in [5, 5.41) is 12.9. The molecule has 22 heavy (non-hydrogen) atoms. The molecule has 2 aromatic carbocycles. The van der Waals surface area contributed by atoms with Crippen LogP contribution >= 0.6 is 15.9 Å². The van der Waals surface area contributed by atoms with E-state index in [9.17, 15) is 9.90 Å². The molecule has 5 heteroatoms. The fourth-order valence-electron chi connectivity index (χ4n) is 2.51. The predicted octanol–water partition coefficient (Wildman–Crippen LogP) is 3.96. The first-order valence-corrected chi connectivity index (χ1v) is 7.50. The second-order valence-electron chi connectivity index (χ2n) is 5.03. The van der Waals surface area contributed by atoms with Crippen LogP contribution in [0.15, 0.2) is 34.8 Å². The third-order valence-corrected chi connectivity index (χ3v) is 4.55. The first-order chi connectivity index (χ1) is 10.5. The molecule has 0 unspecified atom stereocenters. The first-order valence-electron chi connectivity index (χ1n) is 6.71. The Kier molecular flexibility index (Phi) is 3.66. The molecule has 0 saturated carbocycles. The number of phenols is 1. The number of nitrogens with one attached hydrogen (secondary N) is 1. The van der Waals surface area contributed by atoms with Gasteiger partial charge in [-0.15, -0.1) is 0 Å². The lowest BCUT2D eigenvalue weighted by atomic mass is 9.99. The van der Waals surface area contributed by atoms with Gasteiger partial charge >= 0.3 is 0 Å². The number of hydrogen-bond acceptors (Lipinski definition) is 3.